The first-order valence-corrected chi connectivity index (χ1v) is 7.58. The van der Waals surface area contributed by atoms with E-state index in [1.165, 1.54) is 10.8 Å². The highest BCUT2D eigenvalue weighted by Gasteiger charge is 2.11. The highest BCUT2D eigenvalue weighted by atomic mass is 16.2. The van der Waals surface area contributed by atoms with Crippen molar-refractivity contribution in [3.05, 3.63) is 88.0 Å². The molecule has 2 aromatic carbocycles. The first-order chi connectivity index (χ1) is 11.6. The molecule has 0 saturated carbocycles. The summed E-state index contributed by atoms with van der Waals surface area (Å²) >= 11 is 0. The monoisotopic (exact) mass is 319 g/mol. The molecule has 0 aliphatic heterocycles. The molecular formula is C19H17N3O2. The lowest BCUT2D eigenvalue weighted by Crippen LogP contribution is -2.26. The second kappa shape index (κ2) is 6.50. The Balaban J connectivity index is 1.95. The van der Waals surface area contributed by atoms with Gasteiger partial charge in [0.15, 0.2) is 5.82 Å². The molecule has 0 aliphatic carbocycles. The SMILES string of the molecule is Cc1ccc(-n2ccnc(NC(=O)c3ccccc3)c2=O)cc1C. The molecule has 0 spiro atoms. The Morgan fingerprint density at radius 2 is 1.79 bits per heavy atom. The molecule has 5 heteroatoms. The van der Waals surface area contributed by atoms with Crippen molar-refractivity contribution in [2.45, 2.75) is 13.8 Å². The number of nitrogens with zero attached hydrogens (tertiary/aromatic N) is 2. The Hall–Kier alpha value is -3.21. The maximum Gasteiger partial charge on any atom is 0.298 e. The van der Waals surface area contributed by atoms with E-state index in [-0.39, 0.29) is 17.3 Å². The van der Waals surface area contributed by atoms with Gasteiger partial charge in [-0.15, -0.1) is 0 Å². The number of benzene rings is 2. The molecule has 3 aromatic rings. The smallest absolute Gasteiger partial charge is 0.298 e. The third-order valence-corrected chi connectivity index (χ3v) is 3.88. The standard InChI is InChI=1S/C19H17N3O2/c1-13-8-9-16(12-14(13)2)22-11-10-20-17(19(22)24)21-18(23)15-6-4-3-5-7-15/h3-12H,1-2H3,(H,20,21,23). The van der Waals surface area contributed by atoms with E-state index < -0.39 is 0 Å². The van der Waals surface area contributed by atoms with Gasteiger partial charge in [0.2, 0.25) is 0 Å². The number of hydrogen-bond donors (Lipinski definition) is 1. The summed E-state index contributed by atoms with van der Waals surface area (Å²) in [5.41, 5.74) is 3.08. The second-order valence-electron chi connectivity index (χ2n) is 5.54. The summed E-state index contributed by atoms with van der Waals surface area (Å²) in [4.78, 5) is 28.8. The van der Waals surface area contributed by atoms with Crippen molar-refractivity contribution in [3.63, 3.8) is 0 Å². The summed E-state index contributed by atoms with van der Waals surface area (Å²) in [6.07, 6.45) is 3.09. The minimum absolute atomic E-state index is 0.00424. The zero-order valence-corrected chi connectivity index (χ0v) is 13.5. The summed E-state index contributed by atoms with van der Waals surface area (Å²) in [7, 11) is 0. The van der Waals surface area contributed by atoms with E-state index in [0.29, 0.717) is 5.56 Å². The van der Waals surface area contributed by atoms with E-state index in [0.717, 1.165) is 16.8 Å². The van der Waals surface area contributed by atoms with Gasteiger partial charge in [-0.2, -0.15) is 0 Å². The lowest BCUT2D eigenvalue weighted by Gasteiger charge is -2.10. The number of hydrogen-bond acceptors (Lipinski definition) is 3. The average Bonchev–Trinajstić information content (AvgIpc) is 2.60. The molecule has 24 heavy (non-hydrogen) atoms. The lowest BCUT2D eigenvalue weighted by atomic mass is 10.1. The van der Waals surface area contributed by atoms with Crippen molar-refractivity contribution in [1.29, 1.82) is 0 Å². The largest absolute Gasteiger partial charge is 0.302 e. The predicted molar refractivity (Wildman–Crippen MR) is 93.7 cm³/mol. The molecule has 1 aromatic heterocycles. The van der Waals surface area contributed by atoms with Crippen molar-refractivity contribution in [2.24, 2.45) is 0 Å². The topological polar surface area (TPSA) is 64.0 Å². The molecule has 3 rings (SSSR count). The molecule has 1 N–H and O–H groups in total. The Morgan fingerprint density at radius 3 is 2.50 bits per heavy atom. The van der Waals surface area contributed by atoms with Crippen LogP contribution in [-0.2, 0) is 0 Å². The maximum absolute atomic E-state index is 12.6. The van der Waals surface area contributed by atoms with Gasteiger partial charge >= 0.3 is 0 Å². The second-order valence-corrected chi connectivity index (χ2v) is 5.54. The molecule has 0 saturated heterocycles. The van der Waals surface area contributed by atoms with Gasteiger partial charge in [-0.1, -0.05) is 24.3 Å². The number of carbonyl (C=O) groups excluding carboxylic acids is 1. The van der Waals surface area contributed by atoms with E-state index in [9.17, 15) is 9.59 Å². The van der Waals surface area contributed by atoms with Gasteiger partial charge in [0.05, 0.1) is 0 Å². The lowest BCUT2D eigenvalue weighted by molar-refractivity contribution is 0.102. The number of rotatable bonds is 3. The third-order valence-electron chi connectivity index (χ3n) is 3.88. The van der Waals surface area contributed by atoms with Gasteiger partial charge in [0.1, 0.15) is 0 Å². The van der Waals surface area contributed by atoms with Crippen molar-refractivity contribution in [3.8, 4) is 5.69 Å². The molecule has 5 nitrogen and oxygen atoms in total. The zero-order chi connectivity index (χ0) is 17.1. The summed E-state index contributed by atoms with van der Waals surface area (Å²) in [6.45, 7) is 4.00. The predicted octanol–water partition coefficient (Wildman–Crippen LogP) is 3.10. The van der Waals surface area contributed by atoms with E-state index in [1.807, 2.05) is 38.1 Å². The fourth-order valence-corrected chi connectivity index (χ4v) is 2.35. The first kappa shape index (κ1) is 15.7. The minimum Gasteiger partial charge on any atom is -0.302 e. The quantitative estimate of drug-likeness (QED) is 0.807. The van der Waals surface area contributed by atoms with Crippen molar-refractivity contribution >= 4 is 11.7 Å². The fourth-order valence-electron chi connectivity index (χ4n) is 2.35. The summed E-state index contributed by atoms with van der Waals surface area (Å²) in [5, 5.41) is 2.58. The molecule has 120 valence electrons. The van der Waals surface area contributed by atoms with Crippen LogP contribution in [0.3, 0.4) is 0 Å². The van der Waals surface area contributed by atoms with Gasteiger partial charge in [-0.3, -0.25) is 14.2 Å². The third kappa shape index (κ3) is 3.10. The van der Waals surface area contributed by atoms with Crippen molar-refractivity contribution in [2.75, 3.05) is 5.32 Å². The van der Waals surface area contributed by atoms with Gasteiger partial charge in [-0.25, -0.2) is 4.98 Å². The number of aryl methyl sites for hydroxylation is 2. The van der Waals surface area contributed by atoms with Crippen molar-refractivity contribution < 1.29 is 4.79 Å². The Bertz CT molecular complexity index is 946. The van der Waals surface area contributed by atoms with E-state index in [1.54, 1.807) is 30.5 Å². The minimum atomic E-state index is -0.370. The van der Waals surface area contributed by atoms with Crippen LogP contribution < -0.4 is 10.9 Å². The molecule has 0 aliphatic rings. The molecule has 0 fully saturated rings. The van der Waals surface area contributed by atoms with Gasteiger partial charge < -0.3 is 5.32 Å². The summed E-state index contributed by atoms with van der Waals surface area (Å²) < 4.78 is 1.47. The van der Waals surface area contributed by atoms with E-state index in [2.05, 4.69) is 10.3 Å². The van der Waals surface area contributed by atoms with Crippen LogP contribution in [0.4, 0.5) is 5.82 Å². The maximum atomic E-state index is 12.6. The Kier molecular flexibility index (Phi) is 4.24. The highest BCUT2D eigenvalue weighted by Crippen LogP contribution is 2.13. The van der Waals surface area contributed by atoms with Crippen LogP contribution in [0, 0.1) is 13.8 Å². The van der Waals surface area contributed by atoms with Crippen LogP contribution in [0.1, 0.15) is 21.5 Å². The van der Waals surface area contributed by atoms with Gasteiger partial charge in [-0.05, 0) is 49.2 Å². The Morgan fingerprint density at radius 1 is 1.04 bits per heavy atom. The average molecular weight is 319 g/mol. The molecular weight excluding hydrogens is 302 g/mol. The summed E-state index contributed by atoms with van der Waals surface area (Å²) in [6, 6.07) is 14.5. The summed E-state index contributed by atoms with van der Waals surface area (Å²) in [5.74, 6) is -0.359. The first-order valence-electron chi connectivity index (χ1n) is 7.58. The number of anilines is 1. The highest BCUT2D eigenvalue weighted by molar-refractivity contribution is 6.03. The Labute approximate surface area is 139 Å². The number of nitrogens with one attached hydrogen (secondary N) is 1. The molecule has 0 atom stereocenters. The van der Waals surface area contributed by atoms with Crippen LogP contribution in [0.2, 0.25) is 0 Å². The molecule has 0 bridgehead atoms. The van der Waals surface area contributed by atoms with Crippen LogP contribution >= 0.6 is 0 Å². The number of aromatic nitrogens is 2. The number of carbonyl (C=O) groups is 1. The zero-order valence-electron chi connectivity index (χ0n) is 13.5. The van der Waals surface area contributed by atoms with Crippen LogP contribution in [0.15, 0.2) is 65.7 Å². The molecule has 0 unspecified atom stereocenters. The molecule has 0 radical (unpaired) electrons. The van der Waals surface area contributed by atoms with Crippen molar-refractivity contribution in [1.82, 2.24) is 9.55 Å². The normalized spacial score (nSPS) is 10.4. The van der Waals surface area contributed by atoms with Crippen LogP contribution in [0.5, 0.6) is 0 Å². The van der Waals surface area contributed by atoms with Gasteiger partial charge in [0.25, 0.3) is 11.5 Å². The molecule has 1 amide bonds. The van der Waals surface area contributed by atoms with E-state index >= 15 is 0 Å². The van der Waals surface area contributed by atoms with Crippen LogP contribution in [-0.4, -0.2) is 15.5 Å². The fraction of sp³-hybridized carbons (Fsp3) is 0.105. The number of amides is 1. The van der Waals surface area contributed by atoms with Gasteiger partial charge in [0, 0.05) is 23.6 Å². The molecule has 1 heterocycles. The van der Waals surface area contributed by atoms with Crippen LogP contribution in [0.25, 0.3) is 5.69 Å². The van der Waals surface area contributed by atoms with E-state index in [4.69, 9.17) is 0 Å².